The highest BCUT2D eigenvalue weighted by molar-refractivity contribution is 7.85. The van der Waals surface area contributed by atoms with Crippen LogP contribution in [0.1, 0.15) is 61.4 Å². The van der Waals surface area contributed by atoms with Crippen molar-refractivity contribution in [1.82, 2.24) is 19.9 Å². The smallest absolute Gasteiger partial charge is 0.227 e. The fourth-order valence-corrected chi connectivity index (χ4v) is 9.85. The molecule has 0 spiro atoms. The van der Waals surface area contributed by atoms with Gasteiger partial charge in [0.2, 0.25) is 11.2 Å². The molecule has 0 bridgehead atoms. The zero-order valence-corrected chi connectivity index (χ0v) is 29.9. The van der Waals surface area contributed by atoms with E-state index in [2.05, 4.69) is 37.6 Å². The molecule has 3 fully saturated rings. The summed E-state index contributed by atoms with van der Waals surface area (Å²) in [5.41, 5.74) is 3.13. The van der Waals surface area contributed by atoms with Gasteiger partial charge in [0.25, 0.3) is 0 Å². The molecule has 5 aliphatic heterocycles. The van der Waals surface area contributed by atoms with Crippen LogP contribution in [0.5, 0.6) is 0 Å². The van der Waals surface area contributed by atoms with E-state index >= 15 is 0 Å². The van der Waals surface area contributed by atoms with Crippen LogP contribution in [0, 0.1) is 0 Å². The summed E-state index contributed by atoms with van der Waals surface area (Å²) in [6, 6.07) is 8.85. The van der Waals surface area contributed by atoms with Gasteiger partial charge in [-0.15, -0.1) is 0 Å². The maximum Gasteiger partial charge on any atom is 0.227 e. The summed E-state index contributed by atoms with van der Waals surface area (Å²) >= 11 is 11.9. The van der Waals surface area contributed by atoms with Crippen molar-refractivity contribution in [2.75, 3.05) is 66.6 Å². The van der Waals surface area contributed by atoms with Crippen LogP contribution in [0.25, 0.3) is 0 Å². The lowest BCUT2D eigenvalue weighted by Gasteiger charge is -2.33. The lowest BCUT2D eigenvalue weighted by molar-refractivity contribution is 0.0902. The minimum absolute atomic E-state index is 0.224. The second-order valence-corrected chi connectivity index (χ2v) is 16.5. The fourth-order valence-electron chi connectivity index (χ4n) is 6.91. The number of rotatable bonds is 6. The van der Waals surface area contributed by atoms with E-state index in [9.17, 15) is 8.42 Å². The van der Waals surface area contributed by atoms with Crippen LogP contribution < -0.4 is 15.5 Å². The normalized spacial score (nSPS) is 23.2. The molecule has 3 saturated heterocycles. The molecule has 0 aliphatic carbocycles. The molecule has 3 aromatic rings. The Morgan fingerprint density at radius 3 is 1.77 bits per heavy atom. The van der Waals surface area contributed by atoms with Gasteiger partial charge in [-0.05, 0) is 73.7 Å². The van der Waals surface area contributed by atoms with Crippen molar-refractivity contribution in [3.05, 3.63) is 51.5 Å². The third kappa shape index (κ3) is 7.97. The van der Waals surface area contributed by atoms with E-state index in [-0.39, 0.29) is 5.28 Å². The van der Waals surface area contributed by atoms with E-state index in [1.54, 1.807) is 0 Å². The molecule has 11 nitrogen and oxygen atoms in total. The minimum Gasteiger partial charge on any atom is -0.381 e. The molecule has 1 aromatic carbocycles. The zero-order valence-electron chi connectivity index (χ0n) is 26.8. The van der Waals surface area contributed by atoms with Crippen LogP contribution in [0.3, 0.4) is 0 Å². The Labute approximate surface area is 296 Å². The second-order valence-electron chi connectivity index (χ2n) is 12.7. The molecule has 0 radical (unpaired) electrons. The highest BCUT2D eigenvalue weighted by Gasteiger charge is 2.31. The monoisotopic (exact) mass is 733 g/mol. The number of piperidine rings is 1. The molecule has 8 rings (SSSR count). The van der Waals surface area contributed by atoms with Crippen molar-refractivity contribution in [2.24, 2.45) is 0 Å². The third-order valence-corrected chi connectivity index (χ3v) is 12.9. The number of nitrogens with one attached hydrogen (secondary N) is 2. The molecule has 15 heteroatoms. The molecular formula is C33H41Cl2N7O4S2. The number of hydrogen-bond acceptors (Lipinski definition) is 11. The number of ether oxygens (including phenoxy) is 2. The first-order valence-electron chi connectivity index (χ1n) is 16.8. The lowest BCUT2D eigenvalue weighted by atomic mass is 9.89. The summed E-state index contributed by atoms with van der Waals surface area (Å²) < 4.78 is 35.3. The van der Waals surface area contributed by atoms with Gasteiger partial charge in [0.05, 0.1) is 33.0 Å². The number of hydrogen-bond donors (Lipinski definition) is 2. The van der Waals surface area contributed by atoms with Crippen LogP contribution in [0.15, 0.2) is 34.1 Å². The number of benzene rings is 1. The fraction of sp³-hybridized carbons (Fsp3) is 0.576. The summed E-state index contributed by atoms with van der Waals surface area (Å²) in [6.07, 6.45) is 7.38. The number of fused-ring (bicyclic) bond motifs is 2. The molecule has 2 aromatic heterocycles. The molecular weight excluding hydrogens is 693 g/mol. The highest BCUT2D eigenvalue weighted by Crippen LogP contribution is 2.35. The van der Waals surface area contributed by atoms with Crippen molar-refractivity contribution >= 4 is 62.4 Å². The molecule has 258 valence electrons. The first-order chi connectivity index (χ1) is 23.4. The molecule has 48 heavy (non-hydrogen) atoms. The zero-order chi connectivity index (χ0) is 33.0. The Kier molecular flexibility index (Phi) is 11.1. The van der Waals surface area contributed by atoms with Crippen molar-refractivity contribution < 1.29 is 17.9 Å². The largest absolute Gasteiger partial charge is 0.381 e. The van der Waals surface area contributed by atoms with E-state index < -0.39 is 21.6 Å². The average Bonchev–Trinajstić information content (AvgIpc) is 3.68. The molecule has 0 amide bonds. The Morgan fingerprint density at radius 2 is 1.21 bits per heavy atom. The van der Waals surface area contributed by atoms with Crippen LogP contribution in [-0.2, 0) is 43.9 Å². The summed E-state index contributed by atoms with van der Waals surface area (Å²) in [5.74, 6) is 4.00. The van der Waals surface area contributed by atoms with Crippen molar-refractivity contribution in [1.29, 1.82) is 0 Å². The predicted molar refractivity (Wildman–Crippen MR) is 190 cm³/mol. The number of halogens is 2. The predicted octanol–water partition coefficient (Wildman–Crippen LogP) is 5.15. The van der Waals surface area contributed by atoms with E-state index in [0.717, 1.165) is 122 Å². The average molecular weight is 735 g/mol. The van der Waals surface area contributed by atoms with E-state index in [0.29, 0.717) is 41.7 Å². The van der Waals surface area contributed by atoms with Crippen LogP contribution in [0.4, 0.5) is 17.6 Å². The SMILES string of the molecule is O=S1CCc2nc(Cl)nc(NC3CCOCC3)c21.O=S1CCc2nc(N3CCC(c4ccc(Cl)cc4)CC3)nc(NC3CCOCC3)c21. The Balaban J connectivity index is 0.000000172. The second kappa shape index (κ2) is 15.6. The van der Waals surface area contributed by atoms with Crippen LogP contribution in [0.2, 0.25) is 10.3 Å². The molecule has 2 unspecified atom stereocenters. The summed E-state index contributed by atoms with van der Waals surface area (Å²) in [5, 5.41) is 7.92. The van der Waals surface area contributed by atoms with Gasteiger partial charge in [-0.2, -0.15) is 9.97 Å². The number of nitrogens with zero attached hydrogens (tertiary/aromatic N) is 5. The van der Waals surface area contributed by atoms with Crippen molar-refractivity contribution in [3.63, 3.8) is 0 Å². The Morgan fingerprint density at radius 1 is 0.688 bits per heavy atom. The standard InChI is InChI=1S/C22H27ClN4O2S.C11H14ClN3O2S/c23-17-3-1-15(2-4-17)16-5-10-27(11-6-16)22-25-19-9-14-30(28)20(19)21(26-22)24-18-7-12-29-13-8-18;12-11-14-8-3-6-18(16)9(8)10(15-11)13-7-1-4-17-5-2-7/h1-4,16,18H,5-14H2,(H,24,25,26);7H,1-6H2,(H,13,14,15). The van der Waals surface area contributed by atoms with E-state index in [4.69, 9.17) is 42.6 Å². The third-order valence-electron chi connectivity index (χ3n) is 9.58. The Bertz CT molecular complexity index is 1650. The van der Waals surface area contributed by atoms with Crippen LogP contribution >= 0.6 is 23.2 Å². The maximum absolute atomic E-state index is 12.6. The molecule has 5 aliphatic rings. The maximum atomic E-state index is 12.6. The summed E-state index contributed by atoms with van der Waals surface area (Å²) in [6.45, 7) is 4.87. The topological polar surface area (TPSA) is 131 Å². The molecule has 2 N–H and O–H groups in total. The van der Waals surface area contributed by atoms with E-state index in [1.165, 1.54) is 5.56 Å². The van der Waals surface area contributed by atoms with Gasteiger partial charge >= 0.3 is 0 Å². The van der Waals surface area contributed by atoms with Gasteiger partial charge in [0.1, 0.15) is 21.4 Å². The minimum atomic E-state index is -1.01. The van der Waals surface area contributed by atoms with Gasteiger partial charge in [0.15, 0.2) is 0 Å². The molecule has 7 heterocycles. The van der Waals surface area contributed by atoms with Crippen LogP contribution in [-0.4, -0.2) is 91.5 Å². The number of aromatic nitrogens is 4. The van der Waals surface area contributed by atoms with Crippen molar-refractivity contribution in [3.8, 4) is 0 Å². The van der Waals surface area contributed by atoms with Gasteiger partial charge in [-0.1, -0.05) is 23.7 Å². The summed E-state index contributed by atoms with van der Waals surface area (Å²) in [4.78, 5) is 21.9. The van der Waals surface area contributed by atoms with Gasteiger partial charge in [-0.3, -0.25) is 8.42 Å². The van der Waals surface area contributed by atoms with Gasteiger partial charge < -0.3 is 25.0 Å². The van der Waals surface area contributed by atoms with Crippen molar-refractivity contribution in [2.45, 2.75) is 79.2 Å². The highest BCUT2D eigenvalue weighted by atomic mass is 35.5. The molecule has 2 atom stereocenters. The lowest BCUT2D eigenvalue weighted by Crippen LogP contribution is -2.35. The summed E-state index contributed by atoms with van der Waals surface area (Å²) in [7, 11) is -2.01. The number of anilines is 3. The Hall–Kier alpha value is -2.42. The van der Waals surface area contributed by atoms with E-state index in [1.807, 2.05) is 12.1 Å². The first kappa shape index (κ1) is 34.0. The molecule has 0 saturated carbocycles. The quantitative estimate of drug-likeness (QED) is 0.326. The van der Waals surface area contributed by atoms with Gasteiger partial charge in [-0.25, -0.2) is 9.97 Å². The first-order valence-corrected chi connectivity index (χ1v) is 20.2. The van der Waals surface area contributed by atoms with Gasteiger partial charge in [0, 0.05) is 81.0 Å². The number of aryl methyl sites for hydroxylation is 2.